The zero-order valence-electron chi connectivity index (χ0n) is 14.5. The fourth-order valence-electron chi connectivity index (χ4n) is 3.56. The van der Waals surface area contributed by atoms with E-state index in [1.165, 1.54) is 22.4 Å². The summed E-state index contributed by atoms with van der Waals surface area (Å²) in [6, 6.07) is 12.3. The van der Waals surface area contributed by atoms with Gasteiger partial charge < -0.3 is 4.57 Å². The summed E-state index contributed by atoms with van der Waals surface area (Å²) in [5.41, 5.74) is 7.02. The number of benzene rings is 1. The van der Waals surface area contributed by atoms with Gasteiger partial charge in [0.2, 0.25) is 0 Å². The predicted molar refractivity (Wildman–Crippen MR) is 106 cm³/mol. The van der Waals surface area contributed by atoms with Gasteiger partial charge in [-0.05, 0) is 75.1 Å². The Morgan fingerprint density at radius 3 is 2.64 bits per heavy atom. The second-order valence-corrected chi connectivity index (χ2v) is 6.98. The largest absolute Gasteiger partial charge is 0.308 e. The van der Waals surface area contributed by atoms with Crippen LogP contribution in [0.4, 0.5) is 0 Å². The highest BCUT2D eigenvalue weighted by molar-refractivity contribution is 6.30. The average molecular weight is 350 g/mol. The number of aliphatic imine (C=N–C) groups is 1. The normalized spacial score (nSPS) is 15.4. The number of rotatable bonds is 2. The van der Waals surface area contributed by atoms with Gasteiger partial charge in [0.05, 0.1) is 17.4 Å². The van der Waals surface area contributed by atoms with E-state index >= 15 is 0 Å². The van der Waals surface area contributed by atoms with Gasteiger partial charge in [0.1, 0.15) is 0 Å². The molecular formula is C21H20ClN3. The molecule has 0 bridgehead atoms. The summed E-state index contributed by atoms with van der Waals surface area (Å²) in [6.07, 6.45) is 6.99. The number of aromatic nitrogens is 2. The molecule has 0 unspecified atom stereocenters. The number of halogens is 1. The summed E-state index contributed by atoms with van der Waals surface area (Å²) in [4.78, 5) is 9.13. The first-order valence-electron chi connectivity index (χ1n) is 8.59. The molecule has 1 aromatic carbocycles. The van der Waals surface area contributed by atoms with Crippen LogP contribution in [0.1, 0.15) is 38.8 Å². The van der Waals surface area contributed by atoms with Gasteiger partial charge >= 0.3 is 0 Å². The fourth-order valence-corrected chi connectivity index (χ4v) is 3.69. The molecule has 4 rings (SSSR count). The number of hydrogen-bond donors (Lipinski definition) is 0. The molecule has 25 heavy (non-hydrogen) atoms. The molecule has 0 spiro atoms. The van der Waals surface area contributed by atoms with Crippen LogP contribution in [0.2, 0.25) is 5.02 Å². The van der Waals surface area contributed by atoms with E-state index < -0.39 is 0 Å². The van der Waals surface area contributed by atoms with Gasteiger partial charge in [0, 0.05) is 33.7 Å². The Morgan fingerprint density at radius 1 is 1.04 bits per heavy atom. The number of fused-ring (bicyclic) bond motifs is 1. The fraction of sp³-hybridized carbons (Fsp3) is 0.238. The molecule has 0 radical (unpaired) electrons. The van der Waals surface area contributed by atoms with Crippen LogP contribution in [-0.4, -0.2) is 15.3 Å². The van der Waals surface area contributed by atoms with Crippen molar-refractivity contribution in [1.29, 1.82) is 0 Å². The second kappa shape index (κ2) is 6.49. The highest BCUT2D eigenvalue weighted by atomic mass is 35.5. The Labute approximate surface area is 152 Å². The Kier molecular flexibility index (Phi) is 4.18. The first-order valence-corrected chi connectivity index (χ1v) is 8.97. The van der Waals surface area contributed by atoms with Gasteiger partial charge in [-0.25, -0.2) is 0 Å². The van der Waals surface area contributed by atoms with E-state index in [0.29, 0.717) is 0 Å². The zero-order chi connectivity index (χ0) is 17.4. The van der Waals surface area contributed by atoms with Crippen LogP contribution in [-0.2, 0) is 0 Å². The standard InChI is InChI=1S/C21H20ClN3/c1-14-4-3-5-19(15(2)24-14)20-12-16-10-11-23-13-21(16)25(20)18-8-6-17(22)7-9-18/h6-13H,3-5H2,1-2H3. The molecule has 126 valence electrons. The van der Waals surface area contributed by atoms with Gasteiger partial charge in [0.25, 0.3) is 0 Å². The molecular weight excluding hydrogens is 330 g/mol. The molecule has 0 fully saturated rings. The molecule has 4 heteroatoms. The number of pyridine rings is 1. The maximum Gasteiger partial charge on any atom is 0.0718 e. The predicted octanol–water partition coefficient (Wildman–Crippen LogP) is 6.05. The maximum absolute atomic E-state index is 6.09. The minimum Gasteiger partial charge on any atom is -0.308 e. The minimum atomic E-state index is 0.741. The summed E-state index contributed by atoms with van der Waals surface area (Å²) in [7, 11) is 0. The van der Waals surface area contributed by atoms with Crippen molar-refractivity contribution >= 4 is 33.8 Å². The molecule has 1 aliphatic heterocycles. The second-order valence-electron chi connectivity index (χ2n) is 6.54. The van der Waals surface area contributed by atoms with E-state index in [1.807, 2.05) is 24.5 Å². The van der Waals surface area contributed by atoms with E-state index in [9.17, 15) is 0 Å². The lowest BCUT2D eigenvalue weighted by Crippen LogP contribution is -2.01. The molecule has 3 nitrogen and oxygen atoms in total. The first-order chi connectivity index (χ1) is 12.1. The van der Waals surface area contributed by atoms with E-state index in [-0.39, 0.29) is 0 Å². The molecule has 1 aliphatic rings. The third kappa shape index (κ3) is 3.00. The average Bonchev–Trinajstić information content (AvgIpc) is 2.89. The van der Waals surface area contributed by atoms with Crippen LogP contribution in [0, 0.1) is 0 Å². The molecule has 2 aromatic heterocycles. The molecule has 0 N–H and O–H groups in total. The highest BCUT2D eigenvalue weighted by Gasteiger charge is 2.18. The van der Waals surface area contributed by atoms with E-state index in [1.54, 1.807) is 0 Å². The monoisotopic (exact) mass is 349 g/mol. The third-order valence-corrected chi connectivity index (χ3v) is 5.01. The summed E-state index contributed by atoms with van der Waals surface area (Å²) in [6.45, 7) is 4.23. The lowest BCUT2D eigenvalue weighted by atomic mass is 10.0. The van der Waals surface area contributed by atoms with Crippen molar-refractivity contribution < 1.29 is 0 Å². The maximum atomic E-state index is 6.09. The van der Waals surface area contributed by atoms with Gasteiger partial charge in [0.15, 0.2) is 0 Å². The Balaban J connectivity index is 1.99. The highest BCUT2D eigenvalue weighted by Crippen LogP contribution is 2.34. The molecule has 3 heterocycles. The molecule has 0 saturated heterocycles. The van der Waals surface area contributed by atoms with Gasteiger partial charge in [-0.2, -0.15) is 0 Å². The van der Waals surface area contributed by atoms with Crippen molar-refractivity contribution in [2.24, 2.45) is 4.99 Å². The van der Waals surface area contributed by atoms with E-state index in [0.717, 1.165) is 41.2 Å². The zero-order valence-corrected chi connectivity index (χ0v) is 15.2. The van der Waals surface area contributed by atoms with Crippen LogP contribution in [0.15, 0.2) is 59.5 Å². The van der Waals surface area contributed by atoms with Crippen LogP contribution in [0.5, 0.6) is 0 Å². The van der Waals surface area contributed by atoms with E-state index in [2.05, 4.69) is 47.7 Å². The number of hydrogen-bond acceptors (Lipinski definition) is 2. The van der Waals surface area contributed by atoms with Gasteiger partial charge in [-0.1, -0.05) is 11.6 Å². The first kappa shape index (κ1) is 16.1. The van der Waals surface area contributed by atoms with Crippen molar-refractivity contribution in [1.82, 2.24) is 9.55 Å². The number of nitrogens with zero attached hydrogens (tertiary/aromatic N) is 3. The van der Waals surface area contributed by atoms with Crippen molar-refractivity contribution in [3.8, 4) is 5.69 Å². The Morgan fingerprint density at radius 2 is 1.84 bits per heavy atom. The minimum absolute atomic E-state index is 0.741. The smallest absolute Gasteiger partial charge is 0.0718 e. The Bertz CT molecular complexity index is 994. The van der Waals surface area contributed by atoms with Gasteiger partial charge in [-0.3, -0.25) is 9.98 Å². The quantitative estimate of drug-likeness (QED) is 0.553. The molecule has 0 atom stereocenters. The SMILES string of the molecule is CC1=NC(C)=C(c2cc3ccncc3n2-c2ccc(Cl)cc2)CCC1. The molecule has 0 amide bonds. The molecule has 3 aromatic rings. The number of allylic oxidation sites excluding steroid dienone is 2. The van der Waals surface area contributed by atoms with Crippen LogP contribution < -0.4 is 0 Å². The lowest BCUT2D eigenvalue weighted by Gasteiger charge is -2.14. The third-order valence-electron chi connectivity index (χ3n) is 4.76. The van der Waals surface area contributed by atoms with Crippen molar-refractivity contribution in [2.75, 3.05) is 0 Å². The van der Waals surface area contributed by atoms with Crippen LogP contribution in [0.25, 0.3) is 22.2 Å². The summed E-state index contributed by atoms with van der Waals surface area (Å²) in [5.74, 6) is 0. The lowest BCUT2D eigenvalue weighted by molar-refractivity contribution is 0.901. The molecule has 0 aliphatic carbocycles. The summed E-state index contributed by atoms with van der Waals surface area (Å²) < 4.78 is 2.27. The summed E-state index contributed by atoms with van der Waals surface area (Å²) in [5, 5.41) is 1.93. The Hall–Kier alpha value is -2.39. The van der Waals surface area contributed by atoms with Crippen molar-refractivity contribution in [2.45, 2.75) is 33.1 Å². The summed E-state index contributed by atoms with van der Waals surface area (Å²) >= 11 is 6.09. The van der Waals surface area contributed by atoms with Crippen LogP contribution >= 0.6 is 11.6 Å². The van der Waals surface area contributed by atoms with Crippen LogP contribution in [0.3, 0.4) is 0 Å². The van der Waals surface area contributed by atoms with Crippen molar-refractivity contribution in [3.63, 3.8) is 0 Å². The van der Waals surface area contributed by atoms with E-state index in [4.69, 9.17) is 16.6 Å². The topological polar surface area (TPSA) is 30.2 Å². The van der Waals surface area contributed by atoms with Crippen molar-refractivity contribution in [3.05, 3.63) is 65.2 Å². The van der Waals surface area contributed by atoms with Gasteiger partial charge in [-0.15, -0.1) is 0 Å². The molecule has 0 saturated carbocycles.